The van der Waals surface area contributed by atoms with E-state index in [1.807, 2.05) is 6.92 Å². The number of aryl methyl sites for hydroxylation is 1. The minimum absolute atomic E-state index is 0.688. The molecule has 0 atom stereocenters. The first-order valence-electron chi connectivity index (χ1n) is 5.48. The van der Waals surface area contributed by atoms with Crippen LogP contribution in [0.2, 0.25) is 0 Å². The van der Waals surface area contributed by atoms with Crippen LogP contribution in [0.3, 0.4) is 0 Å². The van der Waals surface area contributed by atoms with Crippen molar-refractivity contribution in [2.24, 2.45) is 0 Å². The maximum absolute atomic E-state index is 5.28. The maximum atomic E-state index is 5.28. The maximum Gasteiger partial charge on any atom is 0.181 e. The predicted molar refractivity (Wildman–Crippen MR) is 55.0 cm³/mol. The number of nitrogens with zero attached hydrogens (tertiary/aromatic N) is 1. The summed E-state index contributed by atoms with van der Waals surface area (Å²) in [5, 5.41) is 3.53. The van der Waals surface area contributed by atoms with Crippen LogP contribution < -0.4 is 5.32 Å². The first-order valence-corrected chi connectivity index (χ1v) is 5.48. The smallest absolute Gasteiger partial charge is 0.181 e. The highest BCUT2D eigenvalue weighted by Gasteiger charge is 2.13. The molecule has 1 aliphatic rings. The van der Waals surface area contributed by atoms with E-state index in [9.17, 15) is 0 Å². The van der Waals surface area contributed by atoms with E-state index in [2.05, 4.69) is 10.3 Å². The van der Waals surface area contributed by atoms with Crippen molar-refractivity contribution in [1.82, 2.24) is 10.3 Å². The lowest BCUT2D eigenvalue weighted by molar-refractivity contribution is 0.356. The van der Waals surface area contributed by atoms with Gasteiger partial charge in [0.2, 0.25) is 0 Å². The molecule has 14 heavy (non-hydrogen) atoms. The lowest BCUT2D eigenvalue weighted by Crippen LogP contribution is -2.30. The molecule has 3 nitrogen and oxygen atoms in total. The summed E-state index contributed by atoms with van der Waals surface area (Å²) in [6.07, 6.45) is 8.28. The van der Waals surface area contributed by atoms with E-state index in [0.29, 0.717) is 6.04 Å². The molecule has 0 bridgehead atoms. The molecule has 1 N–H and O–H groups in total. The van der Waals surface area contributed by atoms with Gasteiger partial charge in [-0.3, -0.25) is 0 Å². The van der Waals surface area contributed by atoms with Crippen molar-refractivity contribution in [2.45, 2.75) is 51.6 Å². The third-order valence-electron chi connectivity index (χ3n) is 3.00. The molecule has 1 fully saturated rings. The van der Waals surface area contributed by atoms with Gasteiger partial charge in [-0.15, -0.1) is 0 Å². The Bertz CT molecular complexity index is 277. The largest absolute Gasteiger partial charge is 0.447 e. The Kier molecular flexibility index (Phi) is 3.19. The van der Waals surface area contributed by atoms with Gasteiger partial charge < -0.3 is 9.73 Å². The molecule has 0 saturated heterocycles. The average Bonchev–Trinajstić information content (AvgIpc) is 2.63. The van der Waals surface area contributed by atoms with Crippen LogP contribution in [-0.2, 0) is 6.54 Å². The Morgan fingerprint density at radius 3 is 2.86 bits per heavy atom. The van der Waals surface area contributed by atoms with Gasteiger partial charge in [-0.05, 0) is 19.8 Å². The zero-order chi connectivity index (χ0) is 9.80. The van der Waals surface area contributed by atoms with Gasteiger partial charge in [0.15, 0.2) is 6.39 Å². The Labute approximate surface area is 84.9 Å². The van der Waals surface area contributed by atoms with Crippen molar-refractivity contribution in [3.05, 3.63) is 17.8 Å². The average molecular weight is 194 g/mol. The summed E-state index contributed by atoms with van der Waals surface area (Å²) in [5.41, 5.74) is 1.01. The Morgan fingerprint density at radius 2 is 2.21 bits per heavy atom. The Morgan fingerprint density at radius 1 is 1.43 bits per heavy atom. The standard InChI is InChI=1S/C11H18N2O/c1-9-11(14-8-13-9)7-12-10-5-3-2-4-6-10/h8,10,12H,2-7H2,1H3. The van der Waals surface area contributed by atoms with E-state index in [1.165, 1.54) is 38.5 Å². The normalized spacial score (nSPS) is 18.6. The molecule has 1 aliphatic carbocycles. The number of aromatic nitrogens is 1. The highest BCUT2D eigenvalue weighted by molar-refractivity contribution is 5.03. The van der Waals surface area contributed by atoms with Gasteiger partial charge >= 0.3 is 0 Å². The molecule has 0 unspecified atom stereocenters. The predicted octanol–water partition coefficient (Wildman–Crippen LogP) is 2.41. The van der Waals surface area contributed by atoms with Gasteiger partial charge in [0, 0.05) is 6.04 Å². The van der Waals surface area contributed by atoms with Crippen molar-refractivity contribution in [3.63, 3.8) is 0 Å². The molecule has 0 aliphatic heterocycles. The first-order chi connectivity index (χ1) is 6.86. The molecule has 78 valence electrons. The SMILES string of the molecule is Cc1ncoc1CNC1CCCCC1. The fraction of sp³-hybridized carbons (Fsp3) is 0.727. The summed E-state index contributed by atoms with van der Waals surface area (Å²) in [4.78, 5) is 4.07. The van der Waals surface area contributed by atoms with Gasteiger partial charge in [0.25, 0.3) is 0 Å². The lowest BCUT2D eigenvalue weighted by Gasteiger charge is -2.22. The van der Waals surface area contributed by atoms with Crippen molar-refractivity contribution >= 4 is 0 Å². The summed E-state index contributed by atoms with van der Waals surface area (Å²) in [5.74, 6) is 0.982. The topological polar surface area (TPSA) is 38.1 Å². The van der Waals surface area contributed by atoms with Gasteiger partial charge in [0.1, 0.15) is 5.76 Å². The molecular weight excluding hydrogens is 176 g/mol. The fourth-order valence-electron chi connectivity index (χ4n) is 2.04. The number of hydrogen-bond donors (Lipinski definition) is 1. The quantitative estimate of drug-likeness (QED) is 0.803. The van der Waals surface area contributed by atoms with Crippen molar-refractivity contribution in [2.75, 3.05) is 0 Å². The van der Waals surface area contributed by atoms with Gasteiger partial charge in [-0.25, -0.2) is 4.98 Å². The molecule has 0 aromatic carbocycles. The molecular formula is C11H18N2O. The monoisotopic (exact) mass is 194 g/mol. The van der Waals surface area contributed by atoms with Crippen LogP contribution in [0, 0.1) is 6.92 Å². The van der Waals surface area contributed by atoms with E-state index in [-0.39, 0.29) is 0 Å². The second-order valence-corrected chi connectivity index (χ2v) is 4.08. The van der Waals surface area contributed by atoms with E-state index in [4.69, 9.17) is 4.42 Å². The second kappa shape index (κ2) is 4.60. The van der Waals surface area contributed by atoms with E-state index in [1.54, 1.807) is 0 Å². The van der Waals surface area contributed by atoms with E-state index >= 15 is 0 Å². The van der Waals surface area contributed by atoms with Crippen LogP contribution >= 0.6 is 0 Å². The number of oxazole rings is 1. The fourth-order valence-corrected chi connectivity index (χ4v) is 2.04. The first kappa shape index (κ1) is 9.71. The van der Waals surface area contributed by atoms with Crippen LogP contribution in [0.15, 0.2) is 10.8 Å². The summed E-state index contributed by atoms with van der Waals surface area (Å²) < 4.78 is 5.28. The van der Waals surface area contributed by atoms with Crippen molar-refractivity contribution in [3.8, 4) is 0 Å². The van der Waals surface area contributed by atoms with E-state index < -0.39 is 0 Å². The summed E-state index contributed by atoms with van der Waals surface area (Å²) in [7, 11) is 0. The van der Waals surface area contributed by atoms with Crippen LogP contribution in [-0.4, -0.2) is 11.0 Å². The minimum Gasteiger partial charge on any atom is -0.447 e. The van der Waals surface area contributed by atoms with Crippen molar-refractivity contribution in [1.29, 1.82) is 0 Å². The molecule has 1 heterocycles. The third kappa shape index (κ3) is 2.35. The molecule has 1 saturated carbocycles. The van der Waals surface area contributed by atoms with Gasteiger partial charge in [0.05, 0.1) is 12.2 Å². The van der Waals surface area contributed by atoms with Gasteiger partial charge in [-0.2, -0.15) is 0 Å². The Balaban J connectivity index is 1.79. The second-order valence-electron chi connectivity index (χ2n) is 4.08. The molecule has 3 heteroatoms. The molecule has 0 spiro atoms. The number of hydrogen-bond acceptors (Lipinski definition) is 3. The zero-order valence-electron chi connectivity index (χ0n) is 8.75. The van der Waals surface area contributed by atoms with Crippen LogP contribution in [0.1, 0.15) is 43.6 Å². The molecule has 0 radical (unpaired) electrons. The van der Waals surface area contributed by atoms with Crippen LogP contribution in [0.25, 0.3) is 0 Å². The summed E-state index contributed by atoms with van der Waals surface area (Å²) in [6, 6.07) is 0.688. The third-order valence-corrected chi connectivity index (χ3v) is 3.00. The van der Waals surface area contributed by atoms with Gasteiger partial charge in [-0.1, -0.05) is 19.3 Å². The summed E-state index contributed by atoms with van der Waals surface area (Å²) in [6.45, 7) is 2.82. The highest BCUT2D eigenvalue weighted by atomic mass is 16.3. The molecule has 2 rings (SSSR count). The highest BCUT2D eigenvalue weighted by Crippen LogP contribution is 2.18. The van der Waals surface area contributed by atoms with E-state index in [0.717, 1.165) is 18.0 Å². The zero-order valence-corrected chi connectivity index (χ0v) is 8.75. The molecule has 0 amide bonds. The molecule has 1 aromatic rings. The molecule has 1 aromatic heterocycles. The van der Waals surface area contributed by atoms with Crippen LogP contribution in [0.5, 0.6) is 0 Å². The lowest BCUT2D eigenvalue weighted by atomic mass is 9.95. The number of nitrogens with one attached hydrogen (secondary N) is 1. The minimum atomic E-state index is 0.688. The summed E-state index contributed by atoms with van der Waals surface area (Å²) >= 11 is 0. The Hall–Kier alpha value is -0.830. The number of rotatable bonds is 3. The van der Waals surface area contributed by atoms with Crippen molar-refractivity contribution < 1.29 is 4.42 Å². The van der Waals surface area contributed by atoms with Crippen LogP contribution in [0.4, 0.5) is 0 Å².